The molecular weight excluding hydrogens is 399 g/mol. The first-order valence-electron chi connectivity index (χ1n) is 8.66. The quantitative estimate of drug-likeness (QED) is 0.563. The molecule has 3 rings (SSSR count). The summed E-state index contributed by atoms with van der Waals surface area (Å²) < 4.78 is 41.7. The average molecular weight is 418 g/mol. The van der Waals surface area contributed by atoms with Gasteiger partial charge in [0, 0.05) is 44.2 Å². The zero-order valence-corrected chi connectivity index (χ0v) is 16.4. The Balaban J connectivity index is 1.54. The third-order valence-electron chi connectivity index (χ3n) is 3.98. The van der Waals surface area contributed by atoms with E-state index in [1.807, 2.05) is 0 Å². The van der Waals surface area contributed by atoms with Crippen LogP contribution in [-0.2, 0) is 28.4 Å². The zero-order chi connectivity index (χ0) is 20.9. The summed E-state index contributed by atoms with van der Waals surface area (Å²) in [6.45, 7) is -0.0462. The van der Waals surface area contributed by atoms with Crippen LogP contribution in [0, 0.1) is 5.82 Å². The van der Waals surface area contributed by atoms with Gasteiger partial charge in [-0.15, -0.1) is 0 Å². The van der Waals surface area contributed by atoms with Gasteiger partial charge >= 0.3 is 0 Å². The maximum absolute atomic E-state index is 13.6. The Morgan fingerprint density at radius 3 is 2.69 bits per heavy atom. The number of amides is 1. The van der Waals surface area contributed by atoms with E-state index >= 15 is 0 Å². The third-order valence-corrected chi connectivity index (χ3v) is 5.47. The van der Waals surface area contributed by atoms with E-state index in [-0.39, 0.29) is 25.4 Å². The van der Waals surface area contributed by atoms with Crippen molar-refractivity contribution in [2.24, 2.45) is 7.05 Å². The van der Waals surface area contributed by atoms with Crippen molar-refractivity contribution >= 4 is 15.9 Å². The Labute approximate surface area is 167 Å². The van der Waals surface area contributed by atoms with Crippen LogP contribution in [0.3, 0.4) is 0 Å². The fourth-order valence-corrected chi connectivity index (χ4v) is 3.70. The summed E-state index contributed by atoms with van der Waals surface area (Å²) in [6.07, 6.45) is 6.38. The number of nitrogens with one attached hydrogen (secondary N) is 2. The van der Waals surface area contributed by atoms with E-state index in [9.17, 15) is 17.6 Å². The van der Waals surface area contributed by atoms with Gasteiger partial charge in [-0.2, -0.15) is 5.10 Å². The van der Waals surface area contributed by atoms with Gasteiger partial charge in [0.25, 0.3) is 0 Å². The van der Waals surface area contributed by atoms with Crippen molar-refractivity contribution < 1.29 is 17.6 Å². The number of aryl methyl sites for hydroxylation is 1. The molecule has 0 spiro atoms. The van der Waals surface area contributed by atoms with E-state index in [0.29, 0.717) is 11.4 Å². The maximum Gasteiger partial charge on any atom is 0.243 e. The monoisotopic (exact) mass is 418 g/mol. The van der Waals surface area contributed by atoms with E-state index in [1.165, 1.54) is 18.3 Å². The first-order valence-corrected chi connectivity index (χ1v) is 10.1. The second kappa shape index (κ2) is 8.88. The van der Waals surface area contributed by atoms with Crippen LogP contribution in [0.2, 0.25) is 0 Å². The van der Waals surface area contributed by atoms with Crippen LogP contribution in [0.15, 0.2) is 53.9 Å². The summed E-state index contributed by atoms with van der Waals surface area (Å²) in [7, 11) is -2.25. The largest absolute Gasteiger partial charge is 0.350 e. The Hall–Kier alpha value is -3.18. The highest BCUT2D eigenvalue weighted by Crippen LogP contribution is 2.18. The molecular formula is C18H19FN6O3S. The van der Waals surface area contributed by atoms with Crippen LogP contribution in [0.25, 0.3) is 11.3 Å². The zero-order valence-electron chi connectivity index (χ0n) is 15.5. The Bertz CT molecular complexity index is 1120. The molecule has 0 radical (unpaired) electrons. The van der Waals surface area contributed by atoms with Gasteiger partial charge in [-0.25, -0.2) is 17.5 Å². The fraction of sp³-hybridized carbons (Fsp3) is 0.222. The number of benzene rings is 1. The maximum atomic E-state index is 13.6. The molecule has 2 N–H and O–H groups in total. The van der Waals surface area contributed by atoms with Crippen LogP contribution >= 0.6 is 0 Å². The lowest BCUT2D eigenvalue weighted by Crippen LogP contribution is -2.31. The fourth-order valence-electron chi connectivity index (χ4n) is 2.59. The third kappa shape index (κ3) is 5.21. The first kappa shape index (κ1) is 20.6. The lowest BCUT2D eigenvalue weighted by molar-refractivity contribution is -0.121. The minimum Gasteiger partial charge on any atom is -0.350 e. The van der Waals surface area contributed by atoms with E-state index in [0.717, 1.165) is 17.7 Å². The lowest BCUT2D eigenvalue weighted by atomic mass is 10.2. The predicted molar refractivity (Wildman–Crippen MR) is 102 cm³/mol. The molecule has 0 saturated heterocycles. The van der Waals surface area contributed by atoms with E-state index in [1.54, 1.807) is 30.3 Å². The molecule has 2 aromatic heterocycles. The van der Waals surface area contributed by atoms with Crippen molar-refractivity contribution in [3.8, 4) is 11.3 Å². The molecule has 0 saturated carbocycles. The van der Waals surface area contributed by atoms with Gasteiger partial charge in [0.05, 0.1) is 24.1 Å². The normalized spacial score (nSPS) is 11.4. The number of hydrogen-bond donors (Lipinski definition) is 2. The van der Waals surface area contributed by atoms with Crippen molar-refractivity contribution in [3.63, 3.8) is 0 Å². The Kier molecular flexibility index (Phi) is 6.29. The molecule has 0 fully saturated rings. The topological polar surface area (TPSA) is 119 Å². The highest BCUT2D eigenvalue weighted by Gasteiger charge is 2.18. The molecule has 3 aromatic rings. The highest BCUT2D eigenvalue weighted by molar-refractivity contribution is 7.89. The van der Waals surface area contributed by atoms with Crippen molar-refractivity contribution in [1.29, 1.82) is 0 Å². The lowest BCUT2D eigenvalue weighted by Gasteiger charge is -2.09. The van der Waals surface area contributed by atoms with Crippen molar-refractivity contribution in [3.05, 3.63) is 60.6 Å². The molecule has 11 heteroatoms. The van der Waals surface area contributed by atoms with Gasteiger partial charge in [0.2, 0.25) is 15.9 Å². The van der Waals surface area contributed by atoms with Crippen LogP contribution in [0.4, 0.5) is 4.39 Å². The Morgan fingerprint density at radius 2 is 1.97 bits per heavy atom. The molecule has 0 aliphatic rings. The van der Waals surface area contributed by atoms with Crippen LogP contribution < -0.4 is 10.0 Å². The van der Waals surface area contributed by atoms with Crippen LogP contribution in [0.1, 0.15) is 12.1 Å². The average Bonchev–Trinajstić information content (AvgIpc) is 3.13. The summed E-state index contributed by atoms with van der Waals surface area (Å²) in [5.74, 6) is -1.24. The number of carbonyl (C=O) groups excluding carboxylic acids is 1. The van der Waals surface area contributed by atoms with Gasteiger partial charge in [-0.1, -0.05) is 12.1 Å². The minimum absolute atomic E-state index is 0.115. The summed E-state index contributed by atoms with van der Waals surface area (Å²) in [5, 5.41) is 6.77. The summed E-state index contributed by atoms with van der Waals surface area (Å²) >= 11 is 0. The molecule has 0 unspecified atom stereocenters. The first-order chi connectivity index (χ1) is 13.9. The van der Waals surface area contributed by atoms with E-state index < -0.39 is 20.7 Å². The van der Waals surface area contributed by atoms with Gasteiger partial charge in [-0.3, -0.25) is 19.4 Å². The van der Waals surface area contributed by atoms with E-state index in [2.05, 4.69) is 25.1 Å². The van der Waals surface area contributed by atoms with Crippen molar-refractivity contribution in [1.82, 2.24) is 29.8 Å². The van der Waals surface area contributed by atoms with Gasteiger partial charge in [-0.05, 0) is 12.1 Å². The molecule has 1 aromatic carbocycles. The molecule has 0 aliphatic carbocycles. The van der Waals surface area contributed by atoms with Crippen molar-refractivity contribution in [2.45, 2.75) is 17.9 Å². The number of halogens is 1. The molecule has 29 heavy (non-hydrogen) atoms. The summed E-state index contributed by atoms with van der Waals surface area (Å²) in [4.78, 5) is 20.1. The van der Waals surface area contributed by atoms with E-state index in [4.69, 9.17) is 0 Å². The van der Waals surface area contributed by atoms with Crippen molar-refractivity contribution in [2.75, 3.05) is 6.54 Å². The second-order valence-corrected chi connectivity index (χ2v) is 7.84. The molecule has 1 amide bonds. The SMILES string of the molecule is Cn1cc(-c2nccnc2CNC(=O)CCNS(=O)(=O)c2ccccc2F)cn1. The summed E-state index contributed by atoms with van der Waals surface area (Å²) in [6, 6.07) is 5.03. The number of rotatable bonds is 8. The van der Waals surface area contributed by atoms with Crippen LogP contribution in [0.5, 0.6) is 0 Å². The van der Waals surface area contributed by atoms with Gasteiger partial charge in [0.15, 0.2) is 0 Å². The molecule has 2 heterocycles. The van der Waals surface area contributed by atoms with Gasteiger partial charge < -0.3 is 5.32 Å². The number of sulfonamides is 1. The smallest absolute Gasteiger partial charge is 0.243 e. The molecule has 0 aliphatic heterocycles. The number of hydrogen-bond acceptors (Lipinski definition) is 6. The standard InChI is InChI=1S/C18H19FN6O3S/c1-25-12-13(10-23-25)18-15(20-8-9-21-18)11-22-17(26)6-7-24-29(27,28)16-5-3-2-4-14(16)19/h2-5,8-10,12,24H,6-7,11H2,1H3,(H,22,26). The molecule has 152 valence electrons. The number of nitrogens with zero attached hydrogens (tertiary/aromatic N) is 4. The number of carbonyl (C=O) groups is 1. The molecule has 9 nitrogen and oxygen atoms in total. The molecule has 0 bridgehead atoms. The van der Waals surface area contributed by atoms with Gasteiger partial charge in [0.1, 0.15) is 10.7 Å². The Morgan fingerprint density at radius 1 is 1.21 bits per heavy atom. The highest BCUT2D eigenvalue weighted by atomic mass is 32.2. The minimum atomic E-state index is -4.03. The molecule has 0 atom stereocenters. The number of aromatic nitrogens is 4. The summed E-state index contributed by atoms with van der Waals surface area (Å²) in [5.41, 5.74) is 1.92. The second-order valence-electron chi connectivity index (χ2n) is 6.11. The van der Waals surface area contributed by atoms with Crippen LogP contribution in [-0.4, -0.2) is 40.6 Å². The predicted octanol–water partition coefficient (Wildman–Crippen LogP) is 1.00.